The van der Waals surface area contributed by atoms with E-state index in [2.05, 4.69) is 11.8 Å². The van der Waals surface area contributed by atoms with Gasteiger partial charge in [0.05, 0.1) is 6.26 Å². The molecule has 2 atom stereocenters. The highest BCUT2D eigenvalue weighted by Gasteiger charge is 2.44. The van der Waals surface area contributed by atoms with Crippen LogP contribution in [0.2, 0.25) is 0 Å². The van der Waals surface area contributed by atoms with Crippen LogP contribution >= 0.6 is 0 Å². The first-order valence-corrected chi connectivity index (χ1v) is 7.24. The summed E-state index contributed by atoms with van der Waals surface area (Å²) in [7, 11) is 0. The lowest BCUT2D eigenvalue weighted by atomic mass is 9.87. The van der Waals surface area contributed by atoms with Crippen molar-refractivity contribution < 1.29 is 9.52 Å². The van der Waals surface area contributed by atoms with Crippen LogP contribution in [0, 0.1) is 0 Å². The molecular formula is C17H21NO2. The van der Waals surface area contributed by atoms with Crippen LogP contribution in [0.1, 0.15) is 24.7 Å². The summed E-state index contributed by atoms with van der Waals surface area (Å²) in [5, 5.41) is 11.0. The van der Waals surface area contributed by atoms with Crippen LogP contribution in [0.3, 0.4) is 0 Å². The average molecular weight is 271 g/mol. The standard InChI is InChI=1S/C17H21NO2/c1-14-17(19,15-6-3-2-4-7-15)10-12-18(14)11-9-16-8-5-13-20-16/h2-8,13-14,19H,9-12H2,1H3. The van der Waals surface area contributed by atoms with Crippen LogP contribution in [0.5, 0.6) is 0 Å². The van der Waals surface area contributed by atoms with Crippen molar-refractivity contribution in [3.8, 4) is 0 Å². The van der Waals surface area contributed by atoms with Crippen molar-refractivity contribution in [2.24, 2.45) is 0 Å². The molecule has 1 N–H and O–H groups in total. The van der Waals surface area contributed by atoms with Crippen molar-refractivity contribution in [1.29, 1.82) is 0 Å². The predicted octanol–water partition coefficient (Wildman–Crippen LogP) is 2.80. The van der Waals surface area contributed by atoms with E-state index in [9.17, 15) is 5.11 Å². The first-order chi connectivity index (χ1) is 9.70. The molecule has 3 rings (SSSR count). The minimum Gasteiger partial charge on any atom is -0.469 e. The lowest BCUT2D eigenvalue weighted by Crippen LogP contribution is -2.41. The quantitative estimate of drug-likeness (QED) is 0.929. The average Bonchev–Trinajstić information content (AvgIpc) is 3.09. The number of hydrogen-bond acceptors (Lipinski definition) is 3. The molecule has 106 valence electrons. The Morgan fingerprint density at radius 2 is 2.05 bits per heavy atom. The van der Waals surface area contributed by atoms with E-state index in [-0.39, 0.29) is 6.04 Å². The van der Waals surface area contributed by atoms with E-state index in [1.54, 1.807) is 6.26 Å². The van der Waals surface area contributed by atoms with E-state index in [0.29, 0.717) is 0 Å². The van der Waals surface area contributed by atoms with Crippen LogP contribution in [-0.4, -0.2) is 29.1 Å². The maximum absolute atomic E-state index is 11.0. The highest BCUT2D eigenvalue weighted by Crippen LogP contribution is 2.37. The van der Waals surface area contributed by atoms with E-state index < -0.39 is 5.60 Å². The lowest BCUT2D eigenvalue weighted by molar-refractivity contribution is 0.00627. The first-order valence-electron chi connectivity index (χ1n) is 7.24. The van der Waals surface area contributed by atoms with Crippen LogP contribution in [-0.2, 0) is 12.0 Å². The third kappa shape index (κ3) is 2.39. The molecule has 0 amide bonds. The fourth-order valence-electron chi connectivity index (χ4n) is 3.15. The number of rotatable bonds is 4. The van der Waals surface area contributed by atoms with E-state index in [0.717, 1.165) is 37.3 Å². The van der Waals surface area contributed by atoms with Gasteiger partial charge in [0.1, 0.15) is 11.4 Å². The number of likely N-dealkylation sites (tertiary alicyclic amines) is 1. The molecule has 1 aromatic carbocycles. The smallest absolute Gasteiger partial charge is 0.106 e. The molecule has 1 aromatic heterocycles. The number of benzene rings is 1. The largest absolute Gasteiger partial charge is 0.469 e. The van der Waals surface area contributed by atoms with E-state index in [1.165, 1.54) is 0 Å². The summed E-state index contributed by atoms with van der Waals surface area (Å²) in [5.74, 6) is 1.01. The molecule has 0 spiro atoms. The van der Waals surface area contributed by atoms with Gasteiger partial charge in [-0.25, -0.2) is 0 Å². The van der Waals surface area contributed by atoms with Gasteiger partial charge in [-0.1, -0.05) is 30.3 Å². The normalized spacial score (nSPS) is 27.0. The Morgan fingerprint density at radius 1 is 1.25 bits per heavy atom. The second-order valence-corrected chi connectivity index (χ2v) is 5.58. The zero-order valence-corrected chi connectivity index (χ0v) is 11.8. The molecule has 2 heterocycles. The molecule has 1 saturated heterocycles. The third-order valence-corrected chi connectivity index (χ3v) is 4.52. The molecular weight excluding hydrogens is 250 g/mol. The fraction of sp³-hybridized carbons (Fsp3) is 0.412. The van der Waals surface area contributed by atoms with Crippen molar-refractivity contribution in [2.75, 3.05) is 13.1 Å². The summed E-state index contributed by atoms with van der Waals surface area (Å²) in [5.41, 5.74) is 0.290. The zero-order chi connectivity index (χ0) is 14.0. The molecule has 1 aliphatic heterocycles. The molecule has 1 fully saturated rings. The molecule has 2 unspecified atom stereocenters. The molecule has 20 heavy (non-hydrogen) atoms. The van der Waals surface area contributed by atoms with Crippen molar-refractivity contribution in [2.45, 2.75) is 31.4 Å². The molecule has 1 aliphatic rings. The Kier molecular flexibility index (Phi) is 3.64. The second-order valence-electron chi connectivity index (χ2n) is 5.58. The molecule has 2 aromatic rings. The minimum absolute atomic E-state index is 0.125. The Hall–Kier alpha value is -1.58. The van der Waals surface area contributed by atoms with Gasteiger partial charge in [-0.3, -0.25) is 4.90 Å². The van der Waals surface area contributed by atoms with Crippen molar-refractivity contribution in [3.05, 3.63) is 60.1 Å². The van der Waals surface area contributed by atoms with Crippen molar-refractivity contribution >= 4 is 0 Å². The Morgan fingerprint density at radius 3 is 2.75 bits per heavy atom. The van der Waals surface area contributed by atoms with Crippen LogP contribution in [0.4, 0.5) is 0 Å². The van der Waals surface area contributed by atoms with Gasteiger partial charge in [-0.2, -0.15) is 0 Å². The van der Waals surface area contributed by atoms with Gasteiger partial charge in [0, 0.05) is 25.6 Å². The van der Waals surface area contributed by atoms with Gasteiger partial charge in [0.25, 0.3) is 0 Å². The summed E-state index contributed by atoms with van der Waals surface area (Å²) in [6.45, 7) is 3.96. The van der Waals surface area contributed by atoms with Gasteiger partial charge < -0.3 is 9.52 Å². The highest BCUT2D eigenvalue weighted by molar-refractivity contribution is 5.26. The van der Waals surface area contributed by atoms with E-state index in [4.69, 9.17) is 4.42 Å². The van der Waals surface area contributed by atoms with E-state index >= 15 is 0 Å². The Balaban J connectivity index is 1.69. The first kappa shape index (κ1) is 13.4. The van der Waals surface area contributed by atoms with Gasteiger partial charge in [0.2, 0.25) is 0 Å². The Labute approximate surface area is 119 Å². The van der Waals surface area contributed by atoms with Crippen molar-refractivity contribution in [1.82, 2.24) is 4.90 Å². The van der Waals surface area contributed by atoms with Gasteiger partial charge >= 0.3 is 0 Å². The van der Waals surface area contributed by atoms with E-state index in [1.807, 2.05) is 42.5 Å². The van der Waals surface area contributed by atoms with Crippen LogP contribution < -0.4 is 0 Å². The summed E-state index contributed by atoms with van der Waals surface area (Å²) < 4.78 is 5.38. The molecule has 0 aliphatic carbocycles. The maximum atomic E-state index is 11.0. The lowest BCUT2D eigenvalue weighted by Gasteiger charge is -2.31. The fourth-order valence-corrected chi connectivity index (χ4v) is 3.15. The van der Waals surface area contributed by atoms with Crippen molar-refractivity contribution in [3.63, 3.8) is 0 Å². The topological polar surface area (TPSA) is 36.6 Å². The summed E-state index contributed by atoms with van der Waals surface area (Å²) in [6, 6.07) is 14.1. The maximum Gasteiger partial charge on any atom is 0.106 e. The third-order valence-electron chi connectivity index (χ3n) is 4.52. The summed E-state index contributed by atoms with van der Waals surface area (Å²) >= 11 is 0. The second kappa shape index (κ2) is 5.43. The predicted molar refractivity (Wildman–Crippen MR) is 78.4 cm³/mol. The molecule has 0 bridgehead atoms. The van der Waals surface area contributed by atoms with Crippen LogP contribution in [0.15, 0.2) is 53.1 Å². The number of nitrogens with zero attached hydrogens (tertiary/aromatic N) is 1. The Bertz CT molecular complexity index is 537. The molecule has 3 nitrogen and oxygen atoms in total. The highest BCUT2D eigenvalue weighted by atomic mass is 16.3. The zero-order valence-electron chi connectivity index (χ0n) is 11.8. The molecule has 0 radical (unpaired) electrons. The number of aliphatic hydroxyl groups is 1. The summed E-state index contributed by atoms with van der Waals surface area (Å²) in [4.78, 5) is 2.34. The van der Waals surface area contributed by atoms with Gasteiger partial charge in [0.15, 0.2) is 0 Å². The van der Waals surface area contributed by atoms with Gasteiger partial charge in [-0.15, -0.1) is 0 Å². The SMILES string of the molecule is CC1N(CCc2ccco2)CCC1(O)c1ccccc1. The molecule has 3 heteroatoms. The molecule has 0 saturated carbocycles. The minimum atomic E-state index is -0.732. The monoisotopic (exact) mass is 271 g/mol. The number of furan rings is 1. The number of hydrogen-bond donors (Lipinski definition) is 1. The summed E-state index contributed by atoms with van der Waals surface area (Å²) in [6.07, 6.45) is 3.39. The van der Waals surface area contributed by atoms with Crippen LogP contribution in [0.25, 0.3) is 0 Å². The van der Waals surface area contributed by atoms with Gasteiger partial charge in [-0.05, 0) is 31.0 Å².